The molecular formula is C13H15ClN4. The summed E-state index contributed by atoms with van der Waals surface area (Å²) in [5.74, 6) is 1.98. The van der Waals surface area contributed by atoms with Gasteiger partial charge in [-0.15, -0.1) is 10.2 Å². The van der Waals surface area contributed by atoms with Crippen molar-refractivity contribution in [3.63, 3.8) is 0 Å². The van der Waals surface area contributed by atoms with Gasteiger partial charge in [0.2, 0.25) is 0 Å². The van der Waals surface area contributed by atoms with Crippen LogP contribution < -0.4 is 5.73 Å². The van der Waals surface area contributed by atoms with E-state index < -0.39 is 0 Å². The molecule has 0 saturated carbocycles. The molecule has 1 aromatic carbocycles. The van der Waals surface area contributed by atoms with Gasteiger partial charge in [0.1, 0.15) is 5.82 Å². The summed E-state index contributed by atoms with van der Waals surface area (Å²) in [5.41, 5.74) is 7.30. The van der Waals surface area contributed by atoms with Crippen molar-refractivity contribution in [2.75, 3.05) is 5.73 Å². The minimum absolute atomic E-state index is 0.568. The van der Waals surface area contributed by atoms with Gasteiger partial charge in [0.15, 0.2) is 5.82 Å². The quantitative estimate of drug-likeness (QED) is 0.804. The zero-order chi connectivity index (χ0) is 12.5. The summed E-state index contributed by atoms with van der Waals surface area (Å²) in [6.45, 7) is 0.986. The SMILES string of the molecule is Nc1ccc(-c2nnc3n2CCCCC3)cc1Cl. The molecule has 0 spiro atoms. The van der Waals surface area contributed by atoms with Gasteiger partial charge in [-0.1, -0.05) is 18.0 Å². The van der Waals surface area contributed by atoms with Crippen LogP contribution >= 0.6 is 11.6 Å². The average Bonchev–Trinajstić information content (AvgIpc) is 2.62. The van der Waals surface area contributed by atoms with Gasteiger partial charge in [-0.05, 0) is 31.0 Å². The van der Waals surface area contributed by atoms with Crippen LogP contribution in [0.2, 0.25) is 5.02 Å². The van der Waals surface area contributed by atoms with Crippen molar-refractivity contribution in [2.45, 2.75) is 32.2 Å². The first kappa shape index (κ1) is 11.5. The molecule has 5 heteroatoms. The Balaban J connectivity index is 2.06. The molecule has 1 aromatic heterocycles. The van der Waals surface area contributed by atoms with E-state index >= 15 is 0 Å². The molecule has 0 amide bonds. The fourth-order valence-electron chi connectivity index (χ4n) is 2.36. The van der Waals surface area contributed by atoms with Gasteiger partial charge in [0, 0.05) is 18.5 Å². The molecular weight excluding hydrogens is 248 g/mol. The summed E-state index contributed by atoms with van der Waals surface area (Å²) in [6, 6.07) is 5.62. The molecule has 0 atom stereocenters. The Labute approximate surface area is 111 Å². The van der Waals surface area contributed by atoms with E-state index in [2.05, 4.69) is 14.8 Å². The van der Waals surface area contributed by atoms with Crippen molar-refractivity contribution in [1.29, 1.82) is 0 Å². The zero-order valence-corrected chi connectivity index (χ0v) is 10.8. The maximum atomic E-state index is 6.06. The second kappa shape index (κ2) is 4.61. The van der Waals surface area contributed by atoms with E-state index in [1.807, 2.05) is 18.2 Å². The van der Waals surface area contributed by atoms with Crippen molar-refractivity contribution < 1.29 is 0 Å². The fourth-order valence-corrected chi connectivity index (χ4v) is 2.55. The molecule has 2 heterocycles. The number of fused-ring (bicyclic) bond motifs is 1. The maximum Gasteiger partial charge on any atom is 0.164 e. The number of halogens is 1. The summed E-state index contributed by atoms with van der Waals surface area (Å²) < 4.78 is 2.20. The third-order valence-corrected chi connectivity index (χ3v) is 3.70. The number of anilines is 1. The van der Waals surface area contributed by atoms with Crippen molar-refractivity contribution in [1.82, 2.24) is 14.8 Å². The van der Waals surface area contributed by atoms with Crippen LogP contribution in [0, 0.1) is 0 Å². The van der Waals surface area contributed by atoms with Crippen molar-refractivity contribution in [3.05, 3.63) is 29.0 Å². The first-order valence-electron chi connectivity index (χ1n) is 6.23. The molecule has 4 nitrogen and oxygen atoms in total. The minimum Gasteiger partial charge on any atom is -0.398 e. The highest BCUT2D eigenvalue weighted by Crippen LogP contribution is 2.27. The molecule has 0 saturated heterocycles. The maximum absolute atomic E-state index is 6.06. The number of nitrogen functional groups attached to an aromatic ring is 1. The highest BCUT2D eigenvalue weighted by Gasteiger charge is 2.16. The van der Waals surface area contributed by atoms with E-state index in [0.29, 0.717) is 10.7 Å². The third kappa shape index (κ3) is 1.97. The summed E-state index contributed by atoms with van der Waals surface area (Å²) in [6.07, 6.45) is 4.64. The molecule has 3 rings (SSSR count). The lowest BCUT2D eigenvalue weighted by atomic mass is 10.2. The number of nitrogens with two attached hydrogens (primary N) is 1. The second-order valence-electron chi connectivity index (χ2n) is 4.64. The van der Waals surface area contributed by atoms with E-state index in [0.717, 1.165) is 30.2 Å². The van der Waals surface area contributed by atoms with E-state index in [1.165, 1.54) is 19.3 Å². The van der Waals surface area contributed by atoms with Gasteiger partial charge in [0.25, 0.3) is 0 Å². The molecule has 0 fully saturated rings. The van der Waals surface area contributed by atoms with Crippen molar-refractivity contribution in [3.8, 4) is 11.4 Å². The van der Waals surface area contributed by atoms with E-state index in [1.54, 1.807) is 0 Å². The minimum atomic E-state index is 0.568. The molecule has 0 radical (unpaired) electrons. The Morgan fingerprint density at radius 3 is 2.89 bits per heavy atom. The monoisotopic (exact) mass is 262 g/mol. The Kier molecular flexibility index (Phi) is 2.96. The number of aromatic nitrogens is 3. The van der Waals surface area contributed by atoms with Crippen LogP contribution in [-0.2, 0) is 13.0 Å². The predicted octanol–water partition coefficient (Wildman–Crippen LogP) is 2.91. The largest absolute Gasteiger partial charge is 0.398 e. The van der Waals surface area contributed by atoms with E-state index in [4.69, 9.17) is 17.3 Å². The second-order valence-corrected chi connectivity index (χ2v) is 5.05. The molecule has 18 heavy (non-hydrogen) atoms. The number of aryl methyl sites for hydroxylation is 1. The molecule has 2 aromatic rings. The molecule has 0 unspecified atom stereocenters. The third-order valence-electron chi connectivity index (χ3n) is 3.37. The smallest absolute Gasteiger partial charge is 0.164 e. The van der Waals surface area contributed by atoms with Gasteiger partial charge in [-0.3, -0.25) is 0 Å². The van der Waals surface area contributed by atoms with Crippen LogP contribution in [0.5, 0.6) is 0 Å². The van der Waals surface area contributed by atoms with Gasteiger partial charge < -0.3 is 10.3 Å². The molecule has 1 aliphatic rings. The first-order chi connectivity index (χ1) is 8.75. The van der Waals surface area contributed by atoms with E-state index in [-0.39, 0.29) is 0 Å². The number of hydrogen-bond donors (Lipinski definition) is 1. The van der Waals surface area contributed by atoms with Crippen molar-refractivity contribution in [2.24, 2.45) is 0 Å². The van der Waals surface area contributed by atoms with Crippen LogP contribution in [0.25, 0.3) is 11.4 Å². The van der Waals surface area contributed by atoms with Gasteiger partial charge in [0.05, 0.1) is 10.7 Å². The lowest BCUT2D eigenvalue weighted by Gasteiger charge is -2.07. The molecule has 1 aliphatic heterocycles. The fraction of sp³-hybridized carbons (Fsp3) is 0.385. The Bertz CT molecular complexity index is 576. The molecule has 94 valence electrons. The average molecular weight is 263 g/mol. The van der Waals surface area contributed by atoms with Crippen LogP contribution in [0.15, 0.2) is 18.2 Å². The Morgan fingerprint density at radius 2 is 2.06 bits per heavy atom. The number of rotatable bonds is 1. The normalized spacial score (nSPS) is 15.2. The topological polar surface area (TPSA) is 56.7 Å². The van der Waals surface area contributed by atoms with Gasteiger partial charge in [-0.25, -0.2) is 0 Å². The van der Waals surface area contributed by atoms with Crippen molar-refractivity contribution >= 4 is 17.3 Å². The van der Waals surface area contributed by atoms with Gasteiger partial charge >= 0.3 is 0 Å². The number of nitrogens with zero attached hydrogens (tertiary/aromatic N) is 3. The summed E-state index contributed by atoms with van der Waals surface area (Å²) in [5, 5.41) is 9.15. The standard InChI is InChI=1S/C13H15ClN4/c14-10-8-9(5-6-11(10)15)13-17-16-12-4-2-1-3-7-18(12)13/h5-6,8H,1-4,7,15H2. The first-order valence-corrected chi connectivity index (χ1v) is 6.61. The zero-order valence-electron chi connectivity index (χ0n) is 10.1. The summed E-state index contributed by atoms with van der Waals surface area (Å²) in [7, 11) is 0. The Morgan fingerprint density at radius 1 is 1.17 bits per heavy atom. The lowest BCUT2D eigenvalue weighted by molar-refractivity contribution is 0.636. The van der Waals surface area contributed by atoms with Crippen LogP contribution in [-0.4, -0.2) is 14.8 Å². The summed E-state index contributed by atoms with van der Waals surface area (Å²) in [4.78, 5) is 0. The highest BCUT2D eigenvalue weighted by atomic mass is 35.5. The highest BCUT2D eigenvalue weighted by molar-refractivity contribution is 6.33. The van der Waals surface area contributed by atoms with Crippen LogP contribution in [0.3, 0.4) is 0 Å². The lowest BCUT2D eigenvalue weighted by Crippen LogP contribution is -2.03. The van der Waals surface area contributed by atoms with E-state index in [9.17, 15) is 0 Å². The summed E-state index contributed by atoms with van der Waals surface area (Å²) >= 11 is 6.06. The number of hydrogen-bond acceptors (Lipinski definition) is 3. The van der Waals surface area contributed by atoms with Crippen LogP contribution in [0.1, 0.15) is 25.1 Å². The Hall–Kier alpha value is -1.55. The predicted molar refractivity (Wildman–Crippen MR) is 72.4 cm³/mol. The number of benzene rings is 1. The molecule has 0 aliphatic carbocycles. The van der Waals surface area contributed by atoms with Gasteiger partial charge in [-0.2, -0.15) is 0 Å². The molecule has 2 N–H and O–H groups in total. The van der Waals surface area contributed by atoms with Crippen LogP contribution in [0.4, 0.5) is 5.69 Å². The molecule has 0 bridgehead atoms.